The first-order valence-corrected chi connectivity index (χ1v) is 15.2. The van der Waals surface area contributed by atoms with E-state index in [0.717, 1.165) is 40.7 Å². The molecule has 5 nitrogen and oxygen atoms in total. The second kappa shape index (κ2) is 11.7. The fourth-order valence-corrected chi connectivity index (χ4v) is 6.15. The Hall–Kier alpha value is -2.14. The van der Waals surface area contributed by atoms with Gasteiger partial charge in [0.25, 0.3) is 5.91 Å². The van der Waals surface area contributed by atoms with Crippen LogP contribution in [-0.4, -0.2) is 43.6 Å². The van der Waals surface area contributed by atoms with Gasteiger partial charge in [0.05, 0.1) is 10.6 Å². The van der Waals surface area contributed by atoms with Crippen molar-refractivity contribution < 1.29 is 18.3 Å². The third-order valence-electron chi connectivity index (χ3n) is 6.94. The number of sulfone groups is 1. The molecule has 2 rings (SSSR count). The standard InChI is InChI=1S/C28H39NO4S2/c1-8-27(31,9-2)15-14-22-12-13-23(18-20(22)5)28(10-3,11-4)24-19-21(6)25(34-24)26(30)29-16-17-35(7,32)33/h12-13,18-19,31H,8-11,16-17H2,1-7H3,(H,29,30). The lowest BCUT2D eigenvalue weighted by Crippen LogP contribution is -2.28. The molecule has 0 aliphatic carbocycles. The lowest BCUT2D eigenvalue weighted by atomic mass is 9.74. The number of nitrogens with one attached hydrogen (secondary N) is 1. The summed E-state index contributed by atoms with van der Waals surface area (Å²) in [6, 6.07) is 8.41. The lowest BCUT2D eigenvalue weighted by Gasteiger charge is -2.32. The van der Waals surface area contributed by atoms with E-state index < -0.39 is 15.4 Å². The highest BCUT2D eigenvalue weighted by Crippen LogP contribution is 2.43. The van der Waals surface area contributed by atoms with Crippen LogP contribution in [0.5, 0.6) is 0 Å². The van der Waals surface area contributed by atoms with Gasteiger partial charge in [-0.15, -0.1) is 11.3 Å². The van der Waals surface area contributed by atoms with E-state index in [0.29, 0.717) is 17.7 Å². The Labute approximate surface area is 215 Å². The molecule has 192 valence electrons. The summed E-state index contributed by atoms with van der Waals surface area (Å²) in [6.07, 6.45) is 4.08. The van der Waals surface area contributed by atoms with Crippen LogP contribution in [0.15, 0.2) is 24.3 Å². The minimum atomic E-state index is -3.13. The number of aryl methyl sites for hydroxylation is 2. The van der Waals surface area contributed by atoms with Crippen LogP contribution >= 0.6 is 11.3 Å². The van der Waals surface area contributed by atoms with Gasteiger partial charge in [0.1, 0.15) is 15.4 Å². The molecule has 0 atom stereocenters. The van der Waals surface area contributed by atoms with Gasteiger partial charge in [-0.2, -0.15) is 0 Å². The highest BCUT2D eigenvalue weighted by molar-refractivity contribution is 7.90. The highest BCUT2D eigenvalue weighted by atomic mass is 32.2. The molecule has 0 radical (unpaired) electrons. The van der Waals surface area contributed by atoms with Gasteiger partial charge in [-0.25, -0.2) is 8.42 Å². The number of aliphatic hydroxyl groups is 1. The lowest BCUT2D eigenvalue weighted by molar-refractivity contribution is 0.0930. The zero-order valence-corrected chi connectivity index (χ0v) is 23.7. The van der Waals surface area contributed by atoms with Gasteiger partial charge in [0.2, 0.25) is 0 Å². The molecule has 0 saturated heterocycles. The van der Waals surface area contributed by atoms with Crippen LogP contribution in [0.3, 0.4) is 0 Å². The minimum Gasteiger partial charge on any atom is -0.378 e. The number of hydrogen-bond acceptors (Lipinski definition) is 5. The van der Waals surface area contributed by atoms with Gasteiger partial charge in [-0.3, -0.25) is 4.79 Å². The Bertz CT molecular complexity index is 1210. The number of rotatable bonds is 10. The average molecular weight is 518 g/mol. The quantitative estimate of drug-likeness (QED) is 0.427. The van der Waals surface area contributed by atoms with Crippen molar-refractivity contribution in [2.24, 2.45) is 0 Å². The third kappa shape index (κ3) is 6.97. The van der Waals surface area contributed by atoms with E-state index in [9.17, 15) is 18.3 Å². The zero-order chi connectivity index (χ0) is 26.4. The molecule has 2 N–H and O–H groups in total. The van der Waals surface area contributed by atoms with Crippen LogP contribution in [-0.2, 0) is 15.3 Å². The van der Waals surface area contributed by atoms with Crippen LogP contribution in [0.4, 0.5) is 0 Å². The summed E-state index contributed by atoms with van der Waals surface area (Å²) in [4.78, 5) is 14.5. The molecule has 0 aliphatic heterocycles. The SMILES string of the molecule is CCC(O)(C#Cc1ccc(C(CC)(CC)c2cc(C)c(C(=O)NCCS(C)(=O)=O)s2)cc1C)CC. The first-order chi connectivity index (χ1) is 16.3. The van der Waals surface area contributed by atoms with E-state index in [4.69, 9.17) is 0 Å². The van der Waals surface area contributed by atoms with Crippen molar-refractivity contribution in [1.82, 2.24) is 5.32 Å². The molecule has 7 heteroatoms. The molecule has 0 fully saturated rings. The summed E-state index contributed by atoms with van der Waals surface area (Å²) in [5.41, 5.74) is 2.83. The van der Waals surface area contributed by atoms with Gasteiger partial charge in [0, 0.05) is 28.7 Å². The molecule has 0 bridgehead atoms. The fraction of sp³-hybridized carbons (Fsp3) is 0.536. The van der Waals surface area contributed by atoms with E-state index in [1.54, 1.807) is 0 Å². The molecule has 0 unspecified atom stereocenters. The van der Waals surface area contributed by atoms with Gasteiger partial charge in [-0.1, -0.05) is 51.7 Å². The van der Waals surface area contributed by atoms with Crippen molar-refractivity contribution in [3.8, 4) is 11.8 Å². The van der Waals surface area contributed by atoms with E-state index in [-0.39, 0.29) is 23.6 Å². The van der Waals surface area contributed by atoms with Crippen LogP contribution in [0.2, 0.25) is 0 Å². The number of thiophene rings is 1. The Balaban J connectivity index is 2.41. The molecule has 0 saturated carbocycles. The van der Waals surface area contributed by atoms with Gasteiger partial charge in [-0.05, 0) is 68.4 Å². The highest BCUT2D eigenvalue weighted by Gasteiger charge is 2.34. The average Bonchev–Trinajstić information content (AvgIpc) is 3.20. The van der Waals surface area contributed by atoms with Crippen LogP contribution in [0.25, 0.3) is 0 Å². The molecule has 35 heavy (non-hydrogen) atoms. The summed E-state index contributed by atoms with van der Waals surface area (Å²) in [5.74, 6) is 5.91. The van der Waals surface area contributed by atoms with Gasteiger partial charge < -0.3 is 10.4 Å². The predicted molar refractivity (Wildman–Crippen MR) is 146 cm³/mol. The van der Waals surface area contributed by atoms with Crippen LogP contribution in [0, 0.1) is 25.7 Å². The first-order valence-electron chi connectivity index (χ1n) is 12.3. The maximum Gasteiger partial charge on any atom is 0.261 e. The summed E-state index contributed by atoms with van der Waals surface area (Å²) in [6.45, 7) is 12.3. The molecule has 2 aromatic rings. The topological polar surface area (TPSA) is 83.5 Å². The predicted octanol–water partition coefficient (Wildman–Crippen LogP) is 5.15. The maximum atomic E-state index is 12.8. The van der Waals surface area contributed by atoms with E-state index >= 15 is 0 Å². The maximum absolute atomic E-state index is 12.8. The van der Waals surface area contributed by atoms with Crippen molar-refractivity contribution in [2.75, 3.05) is 18.6 Å². The first kappa shape index (κ1) is 29.1. The molecule has 1 aromatic carbocycles. The number of carbonyl (C=O) groups excluding carboxylic acids is 1. The smallest absolute Gasteiger partial charge is 0.261 e. The van der Waals surface area contributed by atoms with Crippen molar-refractivity contribution in [2.45, 2.75) is 78.2 Å². The molecule has 1 aromatic heterocycles. The third-order valence-corrected chi connectivity index (χ3v) is 9.33. The Morgan fingerprint density at radius 3 is 2.17 bits per heavy atom. The van der Waals surface area contributed by atoms with Gasteiger partial charge >= 0.3 is 0 Å². The molecule has 0 spiro atoms. The molecule has 0 aliphatic rings. The second-order valence-electron chi connectivity index (χ2n) is 9.32. The monoisotopic (exact) mass is 517 g/mol. The largest absolute Gasteiger partial charge is 0.378 e. The van der Waals surface area contributed by atoms with Crippen LogP contribution in [0.1, 0.15) is 90.2 Å². The number of benzene rings is 1. The Morgan fingerprint density at radius 2 is 1.66 bits per heavy atom. The van der Waals surface area contributed by atoms with Gasteiger partial charge in [0.15, 0.2) is 0 Å². The van der Waals surface area contributed by atoms with Crippen molar-refractivity contribution in [1.29, 1.82) is 0 Å². The summed E-state index contributed by atoms with van der Waals surface area (Å²) < 4.78 is 22.8. The fourth-order valence-electron chi connectivity index (χ4n) is 4.23. The Morgan fingerprint density at radius 1 is 1.03 bits per heavy atom. The number of carbonyl (C=O) groups is 1. The van der Waals surface area contributed by atoms with Crippen molar-refractivity contribution in [3.05, 3.63) is 56.3 Å². The molecular weight excluding hydrogens is 478 g/mol. The minimum absolute atomic E-state index is 0.0771. The van der Waals surface area contributed by atoms with E-state index in [1.807, 2.05) is 33.8 Å². The summed E-state index contributed by atoms with van der Waals surface area (Å²) >= 11 is 1.48. The molecular formula is C28H39NO4S2. The second-order valence-corrected chi connectivity index (χ2v) is 12.6. The van der Waals surface area contributed by atoms with E-state index in [1.165, 1.54) is 16.9 Å². The molecule has 1 heterocycles. The Kier molecular flexibility index (Phi) is 9.75. The van der Waals surface area contributed by atoms with Crippen LogP contribution < -0.4 is 5.32 Å². The van der Waals surface area contributed by atoms with E-state index in [2.05, 4.69) is 49.2 Å². The summed E-state index contributed by atoms with van der Waals surface area (Å²) in [5, 5.41) is 13.3. The summed E-state index contributed by atoms with van der Waals surface area (Å²) in [7, 11) is -3.13. The normalized spacial score (nSPS) is 12.2. The van der Waals surface area contributed by atoms with Crippen molar-refractivity contribution >= 4 is 27.1 Å². The zero-order valence-electron chi connectivity index (χ0n) is 22.0. The molecule has 1 amide bonds. The van der Waals surface area contributed by atoms with Crippen molar-refractivity contribution in [3.63, 3.8) is 0 Å². The number of amides is 1. The number of hydrogen-bond donors (Lipinski definition) is 2.